The first-order chi connectivity index (χ1) is 5.99. The Balaban J connectivity index is -0.0000000224. The first kappa shape index (κ1) is 49.8. The molecule has 125 valence electrons. The molecule has 0 spiro atoms. The van der Waals surface area contributed by atoms with Gasteiger partial charge in [0.15, 0.2) is 0 Å². The number of allylic oxidation sites excluding steroid dienone is 3. The molecule has 0 aromatic heterocycles. The fourth-order valence-corrected chi connectivity index (χ4v) is 0.950. The van der Waals surface area contributed by atoms with Gasteiger partial charge in [-0.05, 0) is 6.42 Å². The summed E-state index contributed by atoms with van der Waals surface area (Å²) in [4.78, 5) is 0. The van der Waals surface area contributed by atoms with E-state index >= 15 is 0 Å². The topological polar surface area (TPSA) is 14.1 Å². The minimum Gasteiger partial charge on any atom is -1.00 e. The number of halogens is 2. The Labute approximate surface area is 161 Å². The molecule has 0 amide bonds. The predicted octanol–water partition coefficient (Wildman–Crippen LogP) is -1.13. The van der Waals surface area contributed by atoms with Crippen LogP contribution < -0.4 is 24.8 Å². The van der Waals surface area contributed by atoms with E-state index in [1.54, 1.807) is 0 Å². The molecule has 5 heteroatoms. The van der Waals surface area contributed by atoms with E-state index in [4.69, 9.17) is 0 Å². The van der Waals surface area contributed by atoms with E-state index in [0.717, 1.165) is 6.42 Å². The molecule has 0 bridgehead atoms. The summed E-state index contributed by atoms with van der Waals surface area (Å²) in [7, 11) is 1.97. The zero-order valence-corrected chi connectivity index (χ0v) is 19.0. The van der Waals surface area contributed by atoms with Gasteiger partial charge in [-0.3, -0.25) is 0 Å². The van der Waals surface area contributed by atoms with Gasteiger partial charge in [0.25, 0.3) is 0 Å². The van der Waals surface area contributed by atoms with Crippen LogP contribution in [0.25, 0.3) is 5.32 Å². The second-order valence-corrected chi connectivity index (χ2v) is 5.07. The predicted molar refractivity (Wildman–Crippen MR) is 89.6 cm³/mol. The van der Waals surface area contributed by atoms with Gasteiger partial charge in [-0.2, -0.15) is 5.70 Å². The first-order valence-corrected chi connectivity index (χ1v) is 5.87. The third-order valence-electron chi connectivity index (χ3n) is 1.23. The van der Waals surface area contributed by atoms with E-state index < -0.39 is 0 Å². The number of nitrogens with zero attached hydrogens (tertiary/aromatic N) is 1. The van der Waals surface area contributed by atoms with Gasteiger partial charge in [0.1, 0.15) is 0 Å². The van der Waals surface area contributed by atoms with Crippen LogP contribution in [0.5, 0.6) is 0 Å². The van der Waals surface area contributed by atoms with Crippen molar-refractivity contribution < 1.29 is 46.5 Å². The second-order valence-electron chi connectivity index (χ2n) is 4.07. The maximum atomic E-state index is 4.51. The molecule has 20 heavy (non-hydrogen) atoms. The van der Waals surface area contributed by atoms with Crippen molar-refractivity contribution in [3.63, 3.8) is 0 Å². The van der Waals surface area contributed by atoms with Crippen LogP contribution in [0.4, 0.5) is 0 Å². The van der Waals surface area contributed by atoms with Crippen LogP contribution >= 0.6 is 0 Å². The number of rotatable bonds is 1. The molecule has 1 aliphatic carbocycles. The molecular weight excluding hydrogens is 341 g/mol. The summed E-state index contributed by atoms with van der Waals surface area (Å²) >= 11 is 0. The fourth-order valence-electron chi connectivity index (χ4n) is 0.950. The van der Waals surface area contributed by atoms with Gasteiger partial charge in [-0.15, -0.1) is 5.54 Å². The normalized spacial score (nSPS) is 9.55. The molecule has 0 aromatic carbocycles. The van der Waals surface area contributed by atoms with Gasteiger partial charge < -0.3 is 59.8 Å². The third-order valence-corrected chi connectivity index (χ3v) is 1.23. The quantitative estimate of drug-likeness (QED) is 0.407. The summed E-state index contributed by atoms with van der Waals surface area (Å²) in [6.45, 7) is 8.49. The maximum absolute atomic E-state index is 4.51. The molecule has 0 unspecified atom stereocenters. The van der Waals surface area contributed by atoms with Crippen molar-refractivity contribution in [1.29, 1.82) is 0 Å². The molecule has 0 heterocycles. The van der Waals surface area contributed by atoms with Gasteiger partial charge in [0, 0.05) is 10.2 Å². The van der Waals surface area contributed by atoms with E-state index in [-0.39, 0.29) is 81.8 Å². The van der Waals surface area contributed by atoms with Crippen LogP contribution in [0.2, 0.25) is 6.04 Å². The summed E-state index contributed by atoms with van der Waals surface area (Å²) in [6.07, 6.45) is 7.28. The van der Waals surface area contributed by atoms with Gasteiger partial charge in [0.05, 0.1) is 0 Å². The molecule has 0 aromatic rings. The molecule has 0 N–H and O–H groups in total. The SMILES string of the molecule is CC(C)(C)[N-]C1=CC=CC1.CC[SiH2].[CH3-].[CH3-].[CH3-].[CH3-].[Cl-].[Cl-].[Ti+2]. The van der Waals surface area contributed by atoms with Crippen LogP contribution in [-0.4, -0.2) is 15.8 Å². The van der Waals surface area contributed by atoms with Crippen LogP contribution in [0, 0.1) is 29.7 Å². The average Bonchev–Trinajstić information content (AvgIpc) is 2.37. The van der Waals surface area contributed by atoms with Crippen molar-refractivity contribution in [2.75, 3.05) is 0 Å². The summed E-state index contributed by atoms with van der Waals surface area (Å²) in [6, 6.07) is 1.28. The second kappa shape index (κ2) is 28.0. The summed E-state index contributed by atoms with van der Waals surface area (Å²) in [5.74, 6) is 0. The van der Waals surface area contributed by atoms with E-state index in [1.807, 2.05) is 10.2 Å². The van der Waals surface area contributed by atoms with Crippen molar-refractivity contribution in [2.45, 2.75) is 45.7 Å². The van der Waals surface area contributed by atoms with Crippen molar-refractivity contribution >= 4 is 10.2 Å². The van der Waals surface area contributed by atoms with Crippen LogP contribution in [0.1, 0.15) is 34.1 Å². The monoisotopic (exact) mass is 373 g/mol. The largest absolute Gasteiger partial charge is 2.00 e. The van der Waals surface area contributed by atoms with E-state index in [2.05, 4.69) is 51.2 Å². The molecular formula is C15H33Cl2NSiTi-5. The Morgan fingerprint density at radius 3 is 1.65 bits per heavy atom. The zero-order valence-electron chi connectivity index (χ0n) is 14.6. The first-order valence-electron chi connectivity index (χ1n) is 4.87. The van der Waals surface area contributed by atoms with Crippen LogP contribution in [0.3, 0.4) is 0 Å². The Morgan fingerprint density at radius 1 is 1.10 bits per heavy atom. The van der Waals surface area contributed by atoms with Crippen molar-refractivity contribution in [2.24, 2.45) is 0 Å². The molecule has 0 saturated carbocycles. The standard InChI is InChI=1S/C9H14N.C2H7Si.4CH3.2ClH.Ti/c1-9(2,3)10-8-6-4-5-7-8;1-2-3;;;;;;;/h4-6H,7H2,1-3H3;2-3H2,1H3;4*1H3;2*1H;/q-1;;4*-1;;;+2/p-2. The number of hydrogen-bond donors (Lipinski definition) is 0. The van der Waals surface area contributed by atoms with E-state index in [9.17, 15) is 0 Å². The zero-order chi connectivity index (χ0) is 10.3. The number of hydrogen-bond acceptors (Lipinski definition) is 0. The minimum absolute atomic E-state index is 0. The summed E-state index contributed by atoms with van der Waals surface area (Å²) < 4.78 is 0. The Bertz CT molecular complexity index is 203. The minimum atomic E-state index is 0. The van der Waals surface area contributed by atoms with Crippen molar-refractivity contribution in [3.8, 4) is 0 Å². The molecule has 0 aliphatic heterocycles. The third kappa shape index (κ3) is 36.4. The van der Waals surface area contributed by atoms with Gasteiger partial charge >= 0.3 is 21.7 Å². The van der Waals surface area contributed by atoms with Crippen molar-refractivity contribution in [1.82, 2.24) is 0 Å². The Hall–Kier alpha value is 0.791. The van der Waals surface area contributed by atoms with E-state index in [1.165, 1.54) is 11.7 Å². The average molecular weight is 374 g/mol. The molecule has 1 aliphatic rings. The maximum Gasteiger partial charge on any atom is 2.00 e. The van der Waals surface area contributed by atoms with Gasteiger partial charge in [-0.25, -0.2) is 0 Å². The summed E-state index contributed by atoms with van der Waals surface area (Å²) in [5.41, 5.74) is 1.28. The summed E-state index contributed by atoms with van der Waals surface area (Å²) in [5, 5.41) is 4.51. The van der Waals surface area contributed by atoms with Gasteiger partial charge in [0.2, 0.25) is 0 Å². The Morgan fingerprint density at radius 2 is 1.45 bits per heavy atom. The molecule has 1 rings (SSSR count). The Kier molecular flexibility index (Phi) is 69.7. The molecule has 1 nitrogen and oxygen atoms in total. The smallest absolute Gasteiger partial charge is 1.00 e. The fraction of sp³-hybridized carbons (Fsp3) is 0.467. The molecule has 0 fully saturated rings. The van der Waals surface area contributed by atoms with E-state index in [0.29, 0.717) is 0 Å². The molecule has 0 atom stereocenters. The van der Waals surface area contributed by atoms with Crippen LogP contribution in [-0.2, 0) is 21.7 Å². The van der Waals surface area contributed by atoms with Crippen molar-refractivity contribution in [3.05, 3.63) is 58.9 Å². The molecule has 0 saturated heterocycles. The molecule has 1 radical (unpaired) electrons. The van der Waals surface area contributed by atoms with Crippen LogP contribution in [0.15, 0.2) is 23.9 Å². The van der Waals surface area contributed by atoms with Gasteiger partial charge in [-0.1, -0.05) is 52.0 Å².